The monoisotopic (exact) mass is 269 g/mol. The van der Waals surface area contributed by atoms with Gasteiger partial charge in [-0.2, -0.15) is 0 Å². The third-order valence-corrected chi connectivity index (χ3v) is 3.70. The van der Waals surface area contributed by atoms with Crippen molar-refractivity contribution in [2.75, 3.05) is 20.1 Å². The molecule has 2 atom stereocenters. The molecule has 0 spiro atoms. The number of hydrogen-bond donors (Lipinski definition) is 1. The van der Waals surface area contributed by atoms with E-state index in [0.29, 0.717) is 12.1 Å². The largest absolute Gasteiger partial charge is 0.313 e. The van der Waals surface area contributed by atoms with Crippen molar-refractivity contribution in [3.8, 4) is 0 Å². The van der Waals surface area contributed by atoms with Gasteiger partial charge in [-0.05, 0) is 45.5 Å². The number of pyridine rings is 1. The Morgan fingerprint density at radius 1 is 1.44 bits per heavy atom. The Balaban J connectivity index is 0.00000162. The van der Waals surface area contributed by atoms with Gasteiger partial charge in [0.25, 0.3) is 0 Å². The number of piperidine rings is 1. The summed E-state index contributed by atoms with van der Waals surface area (Å²) in [7, 11) is 2.19. The van der Waals surface area contributed by atoms with Gasteiger partial charge in [0.1, 0.15) is 0 Å². The van der Waals surface area contributed by atoms with Gasteiger partial charge in [-0.3, -0.25) is 9.88 Å². The topological polar surface area (TPSA) is 28.2 Å². The number of aromatic nitrogens is 1. The number of nitrogens with zero attached hydrogens (tertiary/aromatic N) is 2. The number of hydrogen-bond acceptors (Lipinski definition) is 3. The third-order valence-electron chi connectivity index (χ3n) is 3.70. The molecule has 0 amide bonds. The lowest BCUT2D eigenvalue weighted by Crippen LogP contribution is -2.43. The Bertz CT molecular complexity index is 325. The van der Waals surface area contributed by atoms with E-state index in [-0.39, 0.29) is 12.4 Å². The molecule has 1 saturated heterocycles. The highest BCUT2D eigenvalue weighted by Crippen LogP contribution is 2.17. The van der Waals surface area contributed by atoms with Crippen LogP contribution in [0.25, 0.3) is 0 Å². The van der Waals surface area contributed by atoms with E-state index in [1.165, 1.54) is 25.8 Å². The number of rotatable bonds is 4. The van der Waals surface area contributed by atoms with Gasteiger partial charge < -0.3 is 5.32 Å². The van der Waals surface area contributed by atoms with Crippen molar-refractivity contribution in [3.05, 3.63) is 30.1 Å². The highest BCUT2D eigenvalue weighted by atomic mass is 35.5. The van der Waals surface area contributed by atoms with Crippen molar-refractivity contribution in [3.63, 3.8) is 0 Å². The van der Waals surface area contributed by atoms with Crippen LogP contribution >= 0.6 is 12.4 Å². The first-order valence-electron chi connectivity index (χ1n) is 6.62. The van der Waals surface area contributed by atoms with Crippen LogP contribution in [-0.4, -0.2) is 36.1 Å². The molecule has 1 N–H and O–H groups in total. The van der Waals surface area contributed by atoms with Gasteiger partial charge in [-0.15, -0.1) is 12.4 Å². The molecule has 0 saturated carbocycles. The molecular weight excluding hydrogens is 246 g/mol. The summed E-state index contributed by atoms with van der Waals surface area (Å²) >= 11 is 0. The van der Waals surface area contributed by atoms with E-state index in [9.17, 15) is 0 Å². The zero-order valence-electron chi connectivity index (χ0n) is 11.3. The maximum absolute atomic E-state index is 4.43. The van der Waals surface area contributed by atoms with E-state index in [0.717, 1.165) is 12.2 Å². The van der Waals surface area contributed by atoms with Gasteiger partial charge in [0, 0.05) is 24.8 Å². The van der Waals surface area contributed by atoms with Gasteiger partial charge in [-0.25, -0.2) is 0 Å². The summed E-state index contributed by atoms with van der Waals surface area (Å²) in [6, 6.07) is 7.18. The Labute approximate surface area is 116 Å². The summed E-state index contributed by atoms with van der Waals surface area (Å²) in [5.41, 5.74) is 1.16. The Morgan fingerprint density at radius 3 is 2.89 bits per heavy atom. The average Bonchev–Trinajstić information content (AvgIpc) is 2.40. The van der Waals surface area contributed by atoms with Gasteiger partial charge in [0.2, 0.25) is 0 Å². The maximum atomic E-state index is 4.43. The van der Waals surface area contributed by atoms with Crippen LogP contribution < -0.4 is 5.32 Å². The van der Waals surface area contributed by atoms with E-state index in [1.807, 2.05) is 12.3 Å². The van der Waals surface area contributed by atoms with Gasteiger partial charge in [-0.1, -0.05) is 12.5 Å². The van der Waals surface area contributed by atoms with Crippen molar-refractivity contribution in [1.82, 2.24) is 15.2 Å². The Morgan fingerprint density at radius 2 is 2.28 bits per heavy atom. The average molecular weight is 270 g/mol. The summed E-state index contributed by atoms with van der Waals surface area (Å²) in [6.07, 6.45) is 5.87. The minimum Gasteiger partial charge on any atom is -0.313 e. The number of halogens is 1. The van der Waals surface area contributed by atoms with E-state index < -0.39 is 0 Å². The molecule has 0 aromatic carbocycles. The fraction of sp³-hybridized carbons (Fsp3) is 0.643. The normalized spacial score (nSPS) is 21.4. The van der Waals surface area contributed by atoms with Crippen molar-refractivity contribution < 1.29 is 0 Å². The molecule has 1 aromatic rings. The lowest BCUT2D eigenvalue weighted by atomic mass is 10.0. The van der Waals surface area contributed by atoms with Crippen molar-refractivity contribution >= 4 is 12.4 Å². The minimum atomic E-state index is 0. The molecule has 2 heterocycles. The maximum Gasteiger partial charge on any atom is 0.0572 e. The number of likely N-dealkylation sites (N-methyl/N-ethyl adjacent to an activating group) is 1. The predicted molar refractivity (Wildman–Crippen MR) is 78.2 cm³/mol. The fourth-order valence-electron chi connectivity index (χ4n) is 2.43. The lowest BCUT2D eigenvalue weighted by molar-refractivity contribution is 0.212. The molecule has 4 heteroatoms. The quantitative estimate of drug-likeness (QED) is 0.911. The SMILES string of the molecule is CC(c1ccccn1)N(C)CC1CCCCN1.Cl. The van der Waals surface area contributed by atoms with Crippen LogP contribution in [0.5, 0.6) is 0 Å². The second kappa shape index (κ2) is 7.72. The molecule has 18 heavy (non-hydrogen) atoms. The van der Waals surface area contributed by atoms with Crippen molar-refractivity contribution in [2.24, 2.45) is 0 Å². The van der Waals surface area contributed by atoms with Crippen LogP contribution in [0.1, 0.15) is 37.9 Å². The first kappa shape index (κ1) is 15.4. The van der Waals surface area contributed by atoms with Crippen LogP contribution in [0, 0.1) is 0 Å². The summed E-state index contributed by atoms with van der Waals surface area (Å²) in [4.78, 5) is 6.82. The molecule has 1 aliphatic heterocycles. The van der Waals surface area contributed by atoms with Crippen LogP contribution in [0.15, 0.2) is 24.4 Å². The molecule has 1 aliphatic rings. The second-order valence-corrected chi connectivity index (χ2v) is 5.02. The molecule has 1 aromatic heterocycles. The van der Waals surface area contributed by atoms with Crippen LogP contribution in [0.2, 0.25) is 0 Å². The highest BCUT2D eigenvalue weighted by molar-refractivity contribution is 5.85. The van der Waals surface area contributed by atoms with Crippen molar-refractivity contribution in [2.45, 2.75) is 38.3 Å². The van der Waals surface area contributed by atoms with E-state index >= 15 is 0 Å². The molecule has 0 bridgehead atoms. The summed E-state index contributed by atoms with van der Waals surface area (Å²) in [5.74, 6) is 0. The Kier molecular flexibility index (Phi) is 6.61. The van der Waals surface area contributed by atoms with Crippen LogP contribution in [0.3, 0.4) is 0 Å². The first-order chi connectivity index (χ1) is 8.27. The van der Waals surface area contributed by atoms with E-state index in [4.69, 9.17) is 0 Å². The summed E-state index contributed by atoms with van der Waals surface area (Å²) < 4.78 is 0. The van der Waals surface area contributed by atoms with Gasteiger partial charge >= 0.3 is 0 Å². The van der Waals surface area contributed by atoms with Gasteiger partial charge in [0.05, 0.1) is 5.69 Å². The number of nitrogens with one attached hydrogen (secondary N) is 1. The van der Waals surface area contributed by atoms with E-state index in [2.05, 4.69) is 41.3 Å². The third kappa shape index (κ3) is 4.23. The van der Waals surface area contributed by atoms with Crippen molar-refractivity contribution in [1.29, 1.82) is 0 Å². The smallest absolute Gasteiger partial charge is 0.0572 e. The first-order valence-corrected chi connectivity index (χ1v) is 6.62. The zero-order chi connectivity index (χ0) is 12.1. The second-order valence-electron chi connectivity index (χ2n) is 5.02. The summed E-state index contributed by atoms with van der Waals surface area (Å²) in [6.45, 7) is 4.51. The van der Waals surface area contributed by atoms with Crippen LogP contribution in [-0.2, 0) is 0 Å². The minimum absolute atomic E-state index is 0. The highest BCUT2D eigenvalue weighted by Gasteiger charge is 2.18. The Hall–Kier alpha value is -0.640. The molecule has 2 unspecified atom stereocenters. The van der Waals surface area contributed by atoms with E-state index in [1.54, 1.807) is 0 Å². The predicted octanol–water partition coefficient (Wildman–Crippen LogP) is 2.64. The fourth-order valence-corrected chi connectivity index (χ4v) is 2.43. The van der Waals surface area contributed by atoms with Gasteiger partial charge in [0.15, 0.2) is 0 Å². The molecular formula is C14H24ClN3. The standard InChI is InChI=1S/C14H23N3.ClH/c1-12(14-8-4-6-10-16-14)17(2)11-13-7-3-5-9-15-13;/h4,6,8,10,12-13,15H,3,5,7,9,11H2,1-2H3;1H. The summed E-state index contributed by atoms with van der Waals surface area (Å²) in [5, 5.41) is 3.59. The molecule has 102 valence electrons. The molecule has 3 nitrogen and oxygen atoms in total. The molecule has 1 fully saturated rings. The zero-order valence-corrected chi connectivity index (χ0v) is 12.1. The lowest BCUT2D eigenvalue weighted by Gasteiger charge is -2.31. The van der Waals surface area contributed by atoms with Crippen LogP contribution in [0.4, 0.5) is 0 Å². The molecule has 2 rings (SSSR count). The molecule has 0 aliphatic carbocycles. The molecule has 0 radical (unpaired) electrons.